The van der Waals surface area contributed by atoms with Gasteiger partial charge in [-0.15, -0.1) is 0 Å². The highest BCUT2D eigenvalue weighted by Crippen LogP contribution is 2.18. The van der Waals surface area contributed by atoms with Crippen molar-refractivity contribution in [1.82, 2.24) is 5.32 Å². The molecule has 0 aromatic carbocycles. The lowest BCUT2D eigenvalue weighted by Crippen LogP contribution is -2.46. The van der Waals surface area contributed by atoms with Gasteiger partial charge in [0.25, 0.3) is 0 Å². The Balaban J connectivity index is 4.66. The maximum Gasteiger partial charge on any atom is 0.306 e. The number of nitrogens with one attached hydrogen (secondary N) is 1. The molecule has 3 unspecified atom stereocenters. The molecule has 72 heavy (non-hydrogen) atoms. The normalized spacial score (nSPS) is 13.7. The summed E-state index contributed by atoms with van der Waals surface area (Å²) in [6.45, 7) is 6.38. The number of ether oxygens (including phenoxy) is 1. The van der Waals surface area contributed by atoms with Gasteiger partial charge in [0.05, 0.1) is 25.2 Å². The fraction of sp³-hybridized carbons (Fsp3) is 0.758. The Bertz CT molecular complexity index is 1360. The highest BCUT2D eigenvalue weighted by Gasteiger charge is 2.24. The van der Waals surface area contributed by atoms with E-state index in [1.165, 1.54) is 167 Å². The molecule has 0 fully saturated rings. The summed E-state index contributed by atoms with van der Waals surface area (Å²) in [5.74, 6) is -0.572. The minimum atomic E-state index is -0.807. The summed E-state index contributed by atoms with van der Waals surface area (Å²) in [5, 5.41) is 23.9. The number of carbonyl (C=O) groups is 2. The zero-order chi connectivity index (χ0) is 52.3. The van der Waals surface area contributed by atoms with E-state index in [0.29, 0.717) is 19.3 Å². The highest BCUT2D eigenvalue weighted by atomic mass is 16.5. The van der Waals surface area contributed by atoms with Gasteiger partial charge in [-0.05, 0) is 89.9 Å². The number of hydrogen-bond donors (Lipinski definition) is 3. The maximum absolute atomic E-state index is 13.3. The molecule has 0 saturated carbocycles. The first-order valence-electron chi connectivity index (χ1n) is 30.8. The van der Waals surface area contributed by atoms with Crippen molar-refractivity contribution in [3.63, 3.8) is 0 Å². The Morgan fingerprint density at radius 2 is 0.750 bits per heavy atom. The SMILES string of the molecule is CC/C=C\C/C=C\C/C=C\C/C=C\C/C=C\C/C=C\CCC(=O)OC(CCCCCCCCC/C=C/CCCCCCCC)CC(=O)NC(CO)C(O)CCCCCCCCCCCCCCCCCCC. The molecule has 0 aromatic heterocycles. The van der Waals surface area contributed by atoms with Crippen LogP contribution in [0.15, 0.2) is 85.1 Å². The number of amides is 1. The first kappa shape index (κ1) is 69.0. The standard InChI is InChI=1S/C66H117NO5/c1-4-7-10-13-16-19-22-25-28-31-32-35-38-41-44-47-50-53-56-59-66(71)72-62(57-54-51-48-45-42-39-36-33-29-26-23-20-17-14-11-8-5-2)60-65(70)67-63(61-68)64(69)58-55-52-49-46-43-40-37-34-30-27-24-21-18-15-12-9-6-3/h7,10,16,19,25-26,28-29,32,35,41,44,50,53,62-64,68-69H,4-6,8-9,11-15,17-18,20-24,27,30-31,33-34,36-40,42-43,45-49,51-52,54-61H2,1-3H3,(H,67,70)/b10-7-,19-16-,28-25-,29-26+,35-32-,44-41-,53-50-. The molecule has 0 aliphatic rings. The van der Waals surface area contributed by atoms with E-state index in [2.05, 4.69) is 105 Å². The first-order chi connectivity index (χ1) is 35.5. The average Bonchev–Trinajstić information content (AvgIpc) is 3.37. The van der Waals surface area contributed by atoms with E-state index in [0.717, 1.165) is 77.0 Å². The van der Waals surface area contributed by atoms with E-state index in [9.17, 15) is 19.8 Å². The lowest BCUT2D eigenvalue weighted by Gasteiger charge is -2.24. The number of aliphatic hydroxyl groups is 2. The number of hydrogen-bond acceptors (Lipinski definition) is 5. The van der Waals surface area contributed by atoms with Crippen molar-refractivity contribution in [3.05, 3.63) is 85.1 Å². The Labute approximate surface area is 446 Å². The van der Waals surface area contributed by atoms with Crippen LogP contribution in [0.2, 0.25) is 0 Å². The zero-order valence-electron chi connectivity index (χ0n) is 47.5. The van der Waals surface area contributed by atoms with E-state index in [4.69, 9.17) is 4.74 Å². The summed E-state index contributed by atoms with van der Waals surface area (Å²) in [6.07, 6.45) is 78.0. The number of aliphatic hydroxyl groups excluding tert-OH is 2. The van der Waals surface area contributed by atoms with Crippen molar-refractivity contribution in [1.29, 1.82) is 0 Å². The van der Waals surface area contributed by atoms with E-state index in [-0.39, 0.29) is 31.3 Å². The van der Waals surface area contributed by atoms with E-state index < -0.39 is 18.2 Å². The molecule has 6 nitrogen and oxygen atoms in total. The molecule has 0 spiro atoms. The predicted octanol–water partition coefficient (Wildman–Crippen LogP) is 19.5. The molecule has 0 aliphatic carbocycles. The molecule has 1 amide bonds. The van der Waals surface area contributed by atoms with Gasteiger partial charge >= 0.3 is 5.97 Å². The quantitative estimate of drug-likeness (QED) is 0.0320. The smallest absolute Gasteiger partial charge is 0.306 e. The number of rotatable bonds is 55. The monoisotopic (exact) mass is 1000 g/mol. The minimum absolute atomic E-state index is 0.0420. The molecule has 6 heteroatoms. The molecule has 3 N–H and O–H groups in total. The molecule has 0 saturated heterocycles. The third kappa shape index (κ3) is 53.3. The zero-order valence-corrected chi connectivity index (χ0v) is 47.5. The van der Waals surface area contributed by atoms with Crippen LogP contribution in [0.3, 0.4) is 0 Å². The Morgan fingerprint density at radius 3 is 1.14 bits per heavy atom. The third-order valence-electron chi connectivity index (χ3n) is 13.7. The Hall–Kier alpha value is -2.96. The van der Waals surface area contributed by atoms with Crippen LogP contribution in [0, 0.1) is 0 Å². The second-order valence-corrected chi connectivity index (χ2v) is 20.7. The van der Waals surface area contributed by atoms with Crippen LogP contribution >= 0.6 is 0 Å². The molecule has 0 radical (unpaired) electrons. The average molecular weight is 1000 g/mol. The van der Waals surface area contributed by atoms with Crippen molar-refractivity contribution in [2.24, 2.45) is 0 Å². The van der Waals surface area contributed by atoms with Gasteiger partial charge in [-0.3, -0.25) is 9.59 Å². The summed E-state index contributed by atoms with van der Waals surface area (Å²) in [6, 6.07) is -0.723. The lowest BCUT2D eigenvalue weighted by atomic mass is 10.0. The summed E-state index contributed by atoms with van der Waals surface area (Å²) < 4.78 is 5.93. The number of allylic oxidation sites excluding steroid dienone is 14. The van der Waals surface area contributed by atoms with Gasteiger partial charge in [-0.25, -0.2) is 0 Å². The van der Waals surface area contributed by atoms with Crippen molar-refractivity contribution < 1.29 is 24.5 Å². The van der Waals surface area contributed by atoms with E-state index in [1.807, 2.05) is 6.08 Å². The van der Waals surface area contributed by atoms with Gasteiger partial charge < -0.3 is 20.3 Å². The summed E-state index contributed by atoms with van der Waals surface area (Å²) in [4.78, 5) is 26.3. The summed E-state index contributed by atoms with van der Waals surface area (Å²) in [7, 11) is 0. The Kier molecular flexibility index (Phi) is 56.5. The molecule has 0 aliphatic heterocycles. The maximum atomic E-state index is 13.3. The molecule has 0 aromatic rings. The third-order valence-corrected chi connectivity index (χ3v) is 13.7. The molecule has 0 bridgehead atoms. The second kappa shape index (κ2) is 58.9. The fourth-order valence-electron chi connectivity index (χ4n) is 9.10. The summed E-state index contributed by atoms with van der Waals surface area (Å²) in [5.41, 5.74) is 0. The Morgan fingerprint density at radius 1 is 0.417 bits per heavy atom. The van der Waals surface area contributed by atoms with Gasteiger partial charge in [0, 0.05) is 6.42 Å². The van der Waals surface area contributed by atoms with Crippen LogP contribution in [0.5, 0.6) is 0 Å². The van der Waals surface area contributed by atoms with Crippen LogP contribution < -0.4 is 5.32 Å². The summed E-state index contributed by atoms with van der Waals surface area (Å²) >= 11 is 0. The molecule has 0 rings (SSSR count). The van der Waals surface area contributed by atoms with Crippen LogP contribution in [0.25, 0.3) is 0 Å². The van der Waals surface area contributed by atoms with Crippen molar-refractivity contribution in [3.8, 4) is 0 Å². The number of esters is 1. The van der Waals surface area contributed by atoms with Crippen LogP contribution in [-0.4, -0.2) is 46.9 Å². The van der Waals surface area contributed by atoms with E-state index in [1.54, 1.807) is 0 Å². The van der Waals surface area contributed by atoms with Gasteiger partial charge in [0.1, 0.15) is 6.10 Å². The van der Waals surface area contributed by atoms with Gasteiger partial charge in [0.2, 0.25) is 5.91 Å². The molecule has 416 valence electrons. The lowest BCUT2D eigenvalue weighted by molar-refractivity contribution is -0.150. The van der Waals surface area contributed by atoms with Crippen LogP contribution in [0.1, 0.15) is 297 Å². The molecule has 0 heterocycles. The minimum Gasteiger partial charge on any atom is -0.462 e. The highest BCUT2D eigenvalue weighted by molar-refractivity contribution is 5.77. The van der Waals surface area contributed by atoms with Crippen molar-refractivity contribution in [2.45, 2.75) is 315 Å². The van der Waals surface area contributed by atoms with Crippen molar-refractivity contribution >= 4 is 11.9 Å². The second-order valence-electron chi connectivity index (χ2n) is 20.7. The first-order valence-corrected chi connectivity index (χ1v) is 30.8. The number of unbranched alkanes of at least 4 members (excludes halogenated alkanes) is 29. The predicted molar refractivity (Wildman–Crippen MR) is 314 cm³/mol. The molecular weight excluding hydrogens is 887 g/mol. The topological polar surface area (TPSA) is 95.9 Å². The largest absolute Gasteiger partial charge is 0.462 e. The van der Waals surface area contributed by atoms with Gasteiger partial charge in [-0.1, -0.05) is 279 Å². The van der Waals surface area contributed by atoms with Crippen LogP contribution in [0.4, 0.5) is 0 Å². The molecule has 3 atom stereocenters. The van der Waals surface area contributed by atoms with E-state index >= 15 is 0 Å². The van der Waals surface area contributed by atoms with Gasteiger partial charge in [0.15, 0.2) is 0 Å². The molecular formula is C66H117NO5. The fourth-order valence-corrected chi connectivity index (χ4v) is 9.10. The number of carbonyl (C=O) groups excluding carboxylic acids is 2. The van der Waals surface area contributed by atoms with Crippen LogP contribution in [-0.2, 0) is 14.3 Å². The van der Waals surface area contributed by atoms with Gasteiger partial charge in [-0.2, -0.15) is 0 Å². The van der Waals surface area contributed by atoms with Crippen molar-refractivity contribution in [2.75, 3.05) is 6.61 Å².